The van der Waals surface area contributed by atoms with E-state index in [1.165, 1.54) is 32.1 Å². The molecule has 0 aliphatic heterocycles. The first kappa shape index (κ1) is 13.8. The molecule has 4 heteroatoms. The Kier molecular flexibility index (Phi) is 4.60. The highest BCUT2D eigenvalue weighted by Crippen LogP contribution is 2.37. The lowest BCUT2D eigenvalue weighted by atomic mass is 9.83. The molecule has 2 unspecified atom stereocenters. The van der Waals surface area contributed by atoms with Crippen LogP contribution >= 0.6 is 12.2 Å². The Bertz CT molecular complexity index is 322. The van der Waals surface area contributed by atoms with Crippen molar-refractivity contribution >= 4 is 23.1 Å². The second kappa shape index (κ2) is 6.00. The van der Waals surface area contributed by atoms with Crippen LogP contribution in [0.2, 0.25) is 0 Å². The molecule has 2 aliphatic rings. The van der Waals surface area contributed by atoms with Gasteiger partial charge >= 0.3 is 0 Å². The highest BCUT2D eigenvalue weighted by atomic mass is 32.1. The van der Waals surface area contributed by atoms with E-state index in [1.54, 1.807) is 0 Å². The molecule has 2 rings (SSSR count). The minimum atomic E-state index is -0.0889. The summed E-state index contributed by atoms with van der Waals surface area (Å²) in [4.78, 5) is 12.6. The monoisotopic (exact) mass is 268 g/mol. The van der Waals surface area contributed by atoms with Gasteiger partial charge in [0.1, 0.15) is 0 Å². The van der Waals surface area contributed by atoms with Crippen LogP contribution in [-0.4, -0.2) is 16.9 Å². The molecule has 0 aromatic heterocycles. The van der Waals surface area contributed by atoms with Crippen LogP contribution in [0.25, 0.3) is 0 Å². The Morgan fingerprint density at radius 3 is 2.28 bits per heavy atom. The fourth-order valence-electron chi connectivity index (χ4n) is 2.98. The lowest BCUT2D eigenvalue weighted by Crippen LogP contribution is -2.50. The number of carbonyl (C=O) groups is 1. The number of amides is 1. The van der Waals surface area contributed by atoms with Gasteiger partial charge in [-0.3, -0.25) is 4.79 Å². The van der Waals surface area contributed by atoms with E-state index < -0.39 is 0 Å². The van der Waals surface area contributed by atoms with Crippen molar-refractivity contribution in [1.82, 2.24) is 5.32 Å². The summed E-state index contributed by atoms with van der Waals surface area (Å²) in [6.07, 6.45) is 8.42. The highest BCUT2D eigenvalue weighted by Gasteiger charge is 2.35. The summed E-state index contributed by atoms with van der Waals surface area (Å²) in [5.74, 6) is 1.29. The fraction of sp³-hybridized carbons (Fsp3) is 0.857. The van der Waals surface area contributed by atoms with E-state index in [4.69, 9.17) is 18.0 Å². The molecule has 2 fully saturated rings. The van der Waals surface area contributed by atoms with Gasteiger partial charge < -0.3 is 11.1 Å². The van der Waals surface area contributed by atoms with Gasteiger partial charge in [0.2, 0.25) is 5.91 Å². The van der Waals surface area contributed by atoms with Crippen LogP contribution < -0.4 is 11.1 Å². The number of hydrogen-bond acceptors (Lipinski definition) is 2. The molecule has 3 N–H and O–H groups in total. The molecular formula is C14H24N2OS. The van der Waals surface area contributed by atoms with Gasteiger partial charge in [0.25, 0.3) is 0 Å². The normalized spacial score (nSPS) is 24.3. The number of rotatable bonds is 5. The fourth-order valence-corrected chi connectivity index (χ4v) is 3.24. The first-order valence-electron chi connectivity index (χ1n) is 7.19. The molecule has 0 radical (unpaired) electrons. The lowest BCUT2D eigenvalue weighted by molar-refractivity contribution is -0.125. The number of nitrogens with one attached hydrogen (secondary N) is 1. The van der Waals surface area contributed by atoms with Crippen LogP contribution in [0.1, 0.15) is 51.9 Å². The molecule has 0 bridgehead atoms. The van der Waals surface area contributed by atoms with Crippen molar-refractivity contribution in [3.8, 4) is 0 Å². The predicted octanol–water partition coefficient (Wildman–Crippen LogP) is 2.38. The third-order valence-corrected chi connectivity index (χ3v) is 4.72. The summed E-state index contributed by atoms with van der Waals surface area (Å²) in [5, 5.41) is 3.10. The van der Waals surface area contributed by atoms with Crippen LogP contribution in [0.5, 0.6) is 0 Å². The molecule has 18 heavy (non-hydrogen) atoms. The first-order chi connectivity index (χ1) is 8.59. The number of hydrogen-bond donors (Lipinski definition) is 2. The molecule has 1 amide bonds. The van der Waals surface area contributed by atoms with Crippen molar-refractivity contribution in [3.63, 3.8) is 0 Å². The van der Waals surface area contributed by atoms with Crippen LogP contribution in [0.3, 0.4) is 0 Å². The lowest BCUT2D eigenvalue weighted by Gasteiger charge is -2.31. The van der Waals surface area contributed by atoms with Gasteiger partial charge in [-0.15, -0.1) is 0 Å². The summed E-state index contributed by atoms with van der Waals surface area (Å²) in [6, 6.07) is -0.0889. The molecule has 0 heterocycles. The predicted molar refractivity (Wildman–Crippen MR) is 77.2 cm³/mol. The van der Waals surface area contributed by atoms with Gasteiger partial charge in [0, 0.05) is 5.92 Å². The molecule has 2 saturated carbocycles. The maximum absolute atomic E-state index is 12.2. The number of nitrogens with two attached hydrogens (primary N) is 1. The van der Waals surface area contributed by atoms with E-state index in [1.807, 2.05) is 6.92 Å². The molecule has 3 nitrogen and oxygen atoms in total. The average molecular weight is 268 g/mol. The maximum atomic E-state index is 12.2. The zero-order valence-electron chi connectivity index (χ0n) is 11.2. The third-order valence-electron chi connectivity index (χ3n) is 4.47. The van der Waals surface area contributed by atoms with Crippen LogP contribution in [0.4, 0.5) is 0 Å². The van der Waals surface area contributed by atoms with E-state index >= 15 is 0 Å². The maximum Gasteiger partial charge on any atom is 0.223 e. The molecule has 0 saturated heterocycles. The zero-order chi connectivity index (χ0) is 13.1. The van der Waals surface area contributed by atoms with Crippen molar-refractivity contribution in [2.24, 2.45) is 23.5 Å². The van der Waals surface area contributed by atoms with Crippen LogP contribution in [0, 0.1) is 17.8 Å². The quantitative estimate of drug-likeness (QED) is 0.753. The summed E-state index contributed by atoms with van der Waals surface area (Å²) in [6.45, 7) is 2.02. The summed E-state index contributed by atoms with van der Waals surface area (Å²) >= 11 is 5.15. The van der Waals surface area contributed by atoms with E-state index in [0.717, 1.165) is 12.8 Å². The molecule has 0 aromatic carbocycles. The minimum absolute atomic E-state index is 0.0889. The van der Waals surface area contributed by atoms with Crippen LogP contribution in [0.15, 0.2) is 0 Å². The van der Waals surface area contributed by atoms with Crippen molar-refractivity contribution in [2.45, 2.75) is 57.9 Å². The smallest absolute Gasteiger partial charge is 0.223 e. The molecule has 0 spiro atoms. The standard InChI is InChI=1S/C14H24N2OS/c1-9(10-7-8-10)14(17)16-12(13(15)18)11-5-3-2-4-6-11/h9-12H,2-8H2,1H3,(H2,15,18)(H,16,17). The number of thiocarbonyl (C=S) groups is 1. The van der Waals surface area contributed by atoms with Gasteiger partial charge in [-0.2, -0.15) is 0 Å². The zero-order valence-corrected chi connectivity index (χ0v) is 12.0. The van der Waals surface area contributed by atoms with Crippen molar-refractivity contribution in [1.29, 1.82) is 0 Å². The summed E-state index contributed by atoms with van der Waals surface area (Å²) < 4.78 is 0. The topological polar surface area (TPSA) is 55.1 Å². The second-order valence-electron chi connectivity index (χ2n) is 5.91. The Balaban J connectivity index is 1.92. The largest absolute Gasteiger partial charge is 0.392 e. The Morgan fingerprint density at radius 1 is 1.17 bits per heavy atom. The summed E-state index contributed by atoms with van der Waals surface area (Å²) in [5.41, 5.74) is 5.82. The second-order valence-corrected chi connectivity index (χ2v) is 6.38. The van der Waals surface area contributed by atoms with Crippen molar-refractivity contribution < 1.29 is 4.79 Å². The van der Waals surface area contributed by atoms with Crippen molar-refractivity contribution in [2.75, 3.05) is 0 Å². The van der Waals surface area contributed by atoms with E-state index in [9.17, 15) is 4.79 Å². The average Bonchev–Trinajstić information content (AvgIpc) is 3.19. The van der Waals surface area contributed by atoms with Gasteiger partial charge in [-0.05, 0) is 37.5 Å². The highest BCUT2D eigenvalue weighted by molar-refractivity contribution is 7.80. The molecular weight excluding hydrogens is 244 g/mol. The van der Waals surface area contributed by atoms with Gasteiger partial charge in [-0.25, -0.2) is 0 Å². The number of carbonyl (C=O) groups excluding carboxylic acids is 1. The van der Waals surface area contributed by atoms with Crippen molar-refractivity contribution in [3.05, 3.63) is 0 Å². The molecule has 2 aliphatic carbocycles. The molecule has 2 atom stereocenters. The SMILES string of the molecule is CC(C(=O)NC(C(N)=S)C1CCCCC1)C1CC1. The first-order valence-corrected chi connectivity index (χ1v) is 7.60. The minimum Gasteiger partial charge on any atom is -0.392 e. The Hall–Kier alpha value is -0.640. The van der Waals surface area contributed by atoms with Gasteiger partial charge in [0.05, 0.1) is 11.0 Å². The van der Waals surface area contributed by atoms with E-state index in [0.29, 0.717) is 16.8 Å². The van der Waals surface area contributed by atoms with Gasteiger partial charge in [0.15, 0.2) is 0 Å². The Labute approximate surface area is 115 Å². The van der Waals surface area contributed by atoms with E-state index in [2.05, 4.69) is 5.32 Å². The molecule has 102 valence electrons. The van der Waals surface area contributed by atoms with Crippen LogP contribution in [-0.2, 0) is 4.79 Å². The van der Waals surface area contributed by atoms with E-state index in [-0.39, 0.29) is 17.9 Å². The summed E-state index contributed by atoms with van der Waals surface area (Å²) in [7, 11) is 0. The molecule has 0 aromatic rings. The Morgan fingerprint density at radius 2 is 1.78 bits per heavy atom. The van der Waals surface area contributed by atoms with Gasteiger partial charge in [-0.1, -0.05) is 38.4 Å². The third kappa shape index (κ3) is 3.44.